The standard InChI is InChI=1S/C24H29N3O5S.BrH/c1-24(2,3)17-10-16(11-20(22(17)31-4)32-33(5,29)30)19(28)13-27-12-15-8-9-18(14-6-7-14)26-21(15)23(27)25;/h8-11,14,25H,6-7,12-13H2,1-5H3;1H. The molecule has 0 spiro atoms. The monoisotopic (exact) mass is 551 g/mol. The molecule has 0 saturated heterocycles. The summed E-state index contributed by atoms with van der Waals surface area (Å²) >= 11 is 0. The number of hydrogen-bond acceptors (Lipinski definition) is 7. The Morgan fingerprint density at radius 1 is 1.24 bits per heavy atom. The van der Waals surface area contributed by atoms with Gasteiger partial charge in [-0.15, -0.1) is 17.0 Å². The molecule has 1 aliphatic carbocycles. The molecule has 1 N–H and O–H groups in total. The number of amidine groups is 1. The first kappa shape index (κ1) is 26.2. The van der Waals surface area contributed by atoms with Crippen LogP contribution in [0.1, 0.15) is 72.4 Å². The van der Waals surface area contributed by atoms with Gasteiger partial charge in [-0.25, -0.2) is 4.98 Å². The maximum atomic E-state index is 13.3. The molecule has 2 aromatic rings. The van der Waals surface area contributed by atoms with E-state index in [2.05, 4.69) is 4.98 Å². The van der Waals surface area contributed by atoms with Crippen LogP contribution in [0.2, 0.25) is 0 Å². The van der Waals surface area contributed by atoms with Gasteiger partial charge in [0.15, 0.2) is 17.3 Å². The van der Waals surface area contributed by atoms with E-state index in [0.29, 0.717) is 29.3 Å². The van der Waals surface area contributed by atoms with Crippen LogP contribution in [0.4, 0.5) is 0 Å². The Labute approximate surface area is 211 Å². The summed E-state index contributed by atoms with van der Waals surface area (Å²) in [5.74, 6) is 0.732. The molecule has 184 valence electrons. The van der Waals surface area contributed by atoms with Crippen LogP contribution in [0.3, 0.4) is 0 Å². The maximum Gasteiger partial charge on any atom is 0.306 e. The molecule has 0 bridgehead atoms. The summed E-state index contributed by atoms with van der Waals surface area (Å²) < 4.78 is 34.3. The third kappa shape index (κ3) is 5.43. The average Bonchev–Trinajstić information content (AvgIpc) is 3.51. The number of nitrogens with one attached hydrogen (secondary N) is 1. The molecule has 1 aliphatic heterocycles. The van der Waals surface area contributed by atoms with E-state index in [1.165, 1.54) is 13.2 Å². The van der Waals surface area contributed by atoms with Crippen molar-refractivity contribution in [2.75, 3.05) is 19.9 Å². The van der Waals surface area contributed by atoms with Gasteiger partial charge in [-0.3, -0.25) is 10.2 Å². The van der Waals surface area contributed by atoms with Crippen LogP contribution in [0.25, 0.3) is 0 Å². The van der Waals surface area contributed by atoms with Crippen LogP contribution in [0.15, 0.2) is 24.3 Å². The van der Waals surface area contributed by atoms with Crippen molar-refractivity contribution in [2.45, 2.75) is 51.5 Å². The fourth-order valence-corrected chi connectivity index (χ4v) is 4.48. The zero-order valence-electron chi connectivity index (χ0n) is 20.0. The van der Waals surface area contributed by atoms with Crippen molar-refractivity contribution >= 4 is 38.7 Å². The number of ether oxygens (including phenoxy) is 1. The summed E-state index contributed by atoms with van der Waals surface area (Å²) in [5, 5.41) is 8.55. The van der Waals surface area contributed by atoms with Gasteiger partial charge in [-0.05, 0) is 36.5 Å². The number of nitrogens with zero attached hydrogens (tertiary/aromatic N) is 2. The Balaban J connectivity index is 0.00000324. The number of benzene rings is 1. The number of hydrogen-bond donors (Lipinski definition) is 1. The Bertz CT molecular complexity index is 1250. The van der Waals surface area contributed by atoms with Gasteiger partial charge in [0.2, 0.25) is 0 Å². The summed E-state index contributed by atoms with van der Waals surface area (Å²) in [4.78, 5) is 19.6. The van der Waals surface area contributed by atoms with Crippen LogP contribution in [0.5, 0.6) is 11.5 Å². The number of carbonyl (C=O) groups is 1. The molecule has 1 saturated carbocycles. The normalized spacial score (nSPS) is 15.6. The summed E-state index contributed by atoms with van der Waals surface area (Å²) in [6.45, 7) is 6.24. The first-order valence-corrected chi connectivity index (χ1v) is 12.7. The summed E-state index contributed by atoms with van der Waals surface area (Å²) in [5.41, 5.74) is 3.11. The number of aromatic nitrogens is 1. The highest BCUT2D eigenvalue weighted by Crippen LogP contribution is 2.41. The minimum Gasteiger partial charge on any atom is -0.492 e. The van der Waals surface area contributed by atoms with Crippen molar-refractivity contribution in [1.29, 1.82) is 5.41 Å². The molecule has 2 aliphatic rings. The van der Waals surface area contributed by atoms with E-state index in [4.69, 9.17) is 14.3 Å². The van der Waals surface area contributed by atoms with Crippen molar-refractivity contribution in [3.63, 3.8) is 0 Å². The van der Waals surface area contributed by atoms with E-state index in [0.717, 1.165) is 30.4 Å². The Morgan fingerprint density at radius 3 is 2.47 bits per heavy atom. The SMILES string of the molecule is Br.COc1c(OS(C)(=O)=O)cc(C(=O)CN2Cc3ccc(C4CC4)nc3C2=N)cc1C(C)(C)C. The van der Waals surface area contributed by atoms with Crippen LogP contribution < -0.4 is 8.92 Å². The molecule has 0 amide bonds. The van der Waals surface area contributed by atoms with E-state index in [1.54, 1.807) is 11.0 Å². The molecule has 4 rings (SSSR count). The van der Waals surface area contributed by atoms with Crippen LogP contribution in [-0.2, 0) is 22.1 Å². The highest BCUT2D eigenvalue weighted by atomic mass is 79.9. The molecular weight excluding hydrogens is 522 g/mol. The zero-order valence-corrected chi connectivity index (χ0v) is 22.5. The number of halogens is 1. The molecule has 34 heavy (non-hydrogen) atoms. The molecule has 2 heterocycles. The second-order valence-corrected chi connectivity index (χ2v) is 11.3. The fourth-order valence-electron chi connectivity index (χ4n) is 4.03. The van der Waals surface area contributed by atoms with E-state index < -0.39 is 15.5 Å². The zero-order chi connectivity index (χ0) is 24.1. The quantitative estimate of drug-likeness (QED) is 0.405. The first-order valence-electron chi connectivity index (χ1n) is 10.9. The molecule has 1 fully saturated rings. The summed E-state index contributed by atoms with van der Waals surface area (Å²) in [6.07, 6.45) is 3.21. The van der Waals surface area contributed by atoms with Crippen LogP contribution in [0, 0.1) is 5.41 Å². The smallest absolute Gasteiger partial charge is 0.306 e. The average molecular weight is 552 g/mol. The van der Waals surface area contributed by atoms with Gasteiger partial charge in [0.05, 0.1) is 19.9 Å². The van der Waals surface area contributed by atoms with Crippen molar-refractivity contribution < 1.29 is 22.1 Å². The minimum absolute atomic E-state index is 0. The molecule has 0 unspecified atom stereocenters. The van der Waals surface area contributed by atoms with Crippen molar-refractivity contribution in [3.8, 4) is 11.5 Å². The topological polar surface area (TPSA) is 110 Å². The summed E-state index contributed by atoms with van der Waals surface area (Å²) in [7, 11) is -2.39. The predicted octanol–water partition coefficient (Wildman–Crippen LogP) is 4.21. The Hall–Kier alpha value is -2.46. The Morgan fingerprint density at radius 2 is 1.91 bits per heavy atom. The molecule has 8 nitrogen and oxygen atoms in total. The fraction of sp³-hybridized carbons (Fsp3) is 0.458. The number of Topliss-reactive ketones (excluding diaryl/α,β-unsaturated/α-hetero) is 1. The van der Waals surface area contributed by atoms with Crippen LogP contribution >= 0.6 is 17.0 Å². The molecule has 10 heteroatoms. The van der Waals surface area contributed by atoms with E-state index in [9.17, 15) is 13.2 Å². The van der Waals surface area contributed by atoms with Gasteiger partial charge in [0.25, 0.3) is 0 Å². The van der Waals surface area contributed by atoms with Gasteiger partial charge >= 0.3 is 10.1 Å². The molecule has 1 aromatic carbocycles. The lowest BCUT2D eigenvalue weighted by atomic mass is 9.84. The first-order chi connectivity index (χ1) is 15.4. The second-order valence-electron chi connectivity index (χ2n) is 9.74. The van der Waals surface area contributed by atoms with E-state index in [1.807, 2.05) is 32.9 Å². The lowest BCUT2D eigenvalue weighted by Crippen LogP contribution is -2.30. The highest BCUT2D eigenvalue weighted by molar-refractivity contribution is 8.93. The van der Waals surface area contributed by atoms with E-state index in [-0.39, 0.29) is 46.6 Å². The molecule has 0 radical (unpaired) electrons. The van der Waals surface area contributed by atoms with Gasteiger partial charge < -0.3 is 13.8 Å². The largest absolute Gasteiger partial charge is 0.492 e. The van der Waals surface area contributed by atoms with Crippen molar-refractivity contribution in [2.24, 2.45) is 0 Å². The van der Waals surface area contributed by atoms with Crippen LogP contribution in [-0.4, -0.2) is 49.8 Å². The number of pyridine rings is 1. The number of methoxy groups -OCH3 is 1. The molecule has 1 aromatic heterocycles. The van der Waals surface area contributed by atoms with Gasteiger partial charge in [-0.2, -0.15) is 8.42 Å². The van der Waals surface area contributed by atoms with Gasteiger partial charge in [-0.1, -0.05) is 26.8 Å². The van der Waals surface area contributed by atoms with Gasteiger partial charge in [0, 0.05) is 34.8 Å². The predicted molar refractivity (Wildman–Crippen MR) is 135 cm³/mol. The molecular formula is C24H30BrN3O5S. The lowest BCUT2D eigenvalue weighted by molar-refractivity contribution is 0.0962. The minimum atomic E-state index is -3.83. The summed E-state index contributed by atoms with van der Waals surface area (Å²) in [6, 6.07) is 7.13. The third-order valence-corrected chi connectivity index (χ3v) is 6.34. The number of fused-ring (bicyclic) bond motifs is 1. The van der Waals surface area contributed by atoms with Crippen molar-refractivity contribution in [1.82, 2.24) is 9.88 Å². The third-order valence-electron chi connectivity index (χ3n) is 5.86. The highest BCUT2D eigenvalue weighted by Gasteiger charge is 2.32. The van der Waals surface area contributed by atoms with Crippen molar-refractivity contribution in [3.05, 3.63) is 52.3 Å². The molecule has 0 atom stereocenters. The number of rotatable bonds is 7. The van der Waals surface area contributed by atoms with Gasteiger partial charge in [0.1, 0.15) is 11.5 Å². The van der Waals surface area contributed by atoms with E-state index >= 15 is 0 Å². The lowest BCUT2D eigenvalue weighted by Gasteiger charge is -2.25. The number of carbonyl (C=O) groups excluding carboxylic acids is 1. The maximum absolute atomic E-state index is 13.3. The second kappa shape index (κ2) is 9.30. The Kier molecular flexibility index (Phi) is 7.15. The number of ketones is 1.